The van der Waals surface area contributed by atoms with Crippen LogP contribution in [0.1, 0.15) is 90.9 Å². The van der Waals surface area contributed by atoms with Crippen LogP contribution in [0.25, 0.3) is 0 Å². The molecular weight excluding hydrogens is 1120 g/mol. The van der Waals surface area contributed by atoms with Crippen LogP contribution in [0.5, 0.6) is 0 Å². The van der Waals surface area contributed by atoms with Crippen molar-refractivity contribution in [2.45, 2.75) is 164 Å². The van der Waals surface area contributed by atoms with E-state index in [4.69, 9.17) is 45.9 Å². The molecule has 0 rings (SSSR count). The van der Waals surface area contributed by atoms with Crippen molar-refractivity contribution in [1.82, 2.24) is 47.9 Å². The average molecular weight is 1210 g/mol. The van der Waals surface area contributed by atoms with Crippen molar-refractivity contribution in [1.29, 1.82) is 0 Å². The molecule has 476 valence electrons. The Bertz CT molecular complexity index is 2320. The summed E-state index contributed by atoms with van der Waals surface area (Å²) in [6.07, 6.45) is -6.56. The highest BCUT2D eigenvalue weighted by molar-refractivity contribution is 5.99. The number of nitrogens with two attached hydrogens (primary N) is 8. The van der Waals surface area contributed by atoms with Gasteiger partial charge in [0.05, 0.1) is 37.9 Å². The number of carbonyl (C=O) groups excluding carboxylic acids is 11. The van der Waals surface area contributed by atoms with Crippen molar-refractivity contribution in [2.24, 2.45) is 55.9 Å². The molecule has 0 aliphatic heterocycles. The summed E-state index contributed by atoms with van der Waals surface area (Å²) >= 11 is 0. The molecule has 0 aliphatic rings. The first-order valence-electron chi connectivity index (χ1n) is 26.2. The largest absolute Gasteiger partial charge is 0.481 e. The van der Waals surface area contributed by atoms with Crippen molar-refractivity contribution in [3.8, 4) is 0 Å². The maximum Gasteiger partial charge on any atom is 0.326 e. The summed E-state index contributed by atoms with van der Waals surface area (Å²) in [7, 11) is 0. The summed E-state index contributed by atoms with van der Waals surface area (Å²) in [5, 5.41) is 80.1. The number of rotatable bonds is 43. The zero-order valence-corrected chi connectivity index (χ0v) is 46.5. The molecule has 0 aromatic rings. The van der Waals surface area contributed by atoms with Crippen LogP contribution >= 0.6 is 0 Å². The first kappa shape index (κ1) is 75.4. The fraction of sp³-hybridized carbons (Fsp3) is 0.674. The van der Waals surface area contributed by atoms with Crippen LogP contribution in [0.3, 0.4) is 0 Å². The van der Waals surface area contributed by atoms with Gasteiger partial charge in [-0.3, -0.25) is 67.5 Å². The summed E-state index contributed by atoms with van der Waals surface area (Å²) in [4.78, 5) is 176. The second-order valence-electron chi connectivity index (χ2n) is 19.0. The van der Waals surface area contributed by atoms with Gasteiger partial charge in [0.2, 0.25) is 65.0 Å². The minimum atomic E-state index is -2.04. The van der Waals surface area contributed by atoms with E-state index < -0.39 is 195 Å². The van der Waals surface area contributed by atoms with Crippen LogP contribution in [-0.4, -0.2) is 225 Å². The highest BCUT2D eigenvalue weighted by Gasteiger charge is 2.38. The lowest BCUT2D eigenvalue weighted by Gasteiger charge is -2.29. The van der Waals surface area contributed by atoms with E-state index in [2.05, 4.69) is 57.8 Å². The van der Waals surface area contributed by atoms with E-state index in [0.717, 1.165) is 13.8 Å². The van der Waals surface area contributed by atoms with Gasteiger partial charge in [-0.25, -0.2) is 4.79 Å². The van der Waals surface area contributed by atoms with E-state index in [-0.39, 0.29) is 57.1 Å². The molecule has 0 heterocycles. The zero-order valence-electron chi connectivity index (χ0n) is 46.5. The molecule has 0 bridgehead atoms. The summed E-state index contributed by atoms with van der Waals surface area (Å²) < 4.78 is 0. The molecule has 0 fully saturated rings. The maximum absolute atomic E-state index is 13.8. The third kappa shape index (κ3) is 30.5. The Balaban J connectivity index is 6.63. The normalized spacial score (nSPS) is 15.2. The molecule has 0 unspecified atom stereocenters. The molecule has 38 heteroatoms. The lowest BCUT2D eigenvalue weighted by Crippen LogP contribution is -2.63. The monoisotopic (exact) mass is 1210 g/mol. The van der Waals surface area contributed by atoms with Crippen molar-refractivity contribution in [3.63, 3.8) is 0 Å². The molecule has 0 aromatic heterocycles. The molecule has 0 spiro atoms. The topological polar surface area (TPSA) is 684 Å². The van der Waals surface area contributed by atoms with Gasteiger partial charge in [-0.15, -0.1) is 0 Å². The first-order valence-corrected chi connectivity index (χ1v) is 26.2. The number of aliphatic carboxylic acids is 2. The van der Waals surface area contributed by atoms with Crippen molar-refractivity contribution in [3.05, 3.63) is 0 Å². The highest BCUT2D eigenvalue weighted by atomic mass is 16.4. The van der Waals surface area contributed by atoms with Crippen LogP contribution in [-0.2, 0) is 62.3 Å². The Morgan fingerprint density at radius 1 is 0.417 bits per heavy atom. The number of aliphatic hydroxyl groups excluding tert-OH is 4. The van der Waals surface area contributed by atoms with Crippen molar-refractivity contribution in [2.75, 3.05) is 32.8 Å². The standard InChI is InChI=1S/C46H83N19O19/c1-20(68)33(65-43(82)34(21(2)69)64-39(78)27(17-31(50)71)61-35(74)22(48)7-3-4-14-47)42(81)59-24(10-12-30(49)70)38(77)63-28(18-66)40(79)57-23(8-5-15-55-45(51)52)36(75)62-29(19-67)41(80)58-25(11-13-32(72)73)37(76)60-26(44(83)84)9-6-16-56-46(53)54/h20-29,33-34,66-69H,3-19,47-48H2,1-2H3,(H2,49,70)(H2,50,71)(H,57,79)(H,58,80)(H,59,81)(H,60,76)(H,61,74)(H,62,75)(H,63,77)(H,64,78)(H,65,82)(H,72,73)(H,83,84)(H4,51,52,55)(H4,53,54,56)/t20-,21-,22+,23+,24+,25+,26+,27+,28+,29+,33+,34+/m1/s1. The van der Waals surface area contributed by atoms with Gasteiger partial charge in [0.15, 0.2) is 11.9 Å². The Morgan fingerprint density at radius 2 is 0.774 bits per heavy atom. The number of nitrogens with one attached hydrogen (secondary N) is 9. The molecule has 0 aliphatic carbocycles. The lowest BCUT2D eigenvalue weighted by molar-refractivity contribution is -0.143. The van der Waals surface area contributed by atoms with Gasteiger partial charge in [-0.1, -0.05) is 6.42 Å². The fourth-order valence-electron chi connectivity index (χ4n) is 7.27. The van der Waals surface area contributed by atoms with Crippen LogP contribution in [0.15, 0.2) is 9.98 Å². The summed E-state index contributed by atoms with van der Waals surface area (Å²) in [5.74, 6) is -16.8. The predicted molar refractivity (Wildman–Crippen MR) is 292 cm³/mol. The molecule has 0 aromatic carbocycles. The number of hydrogen-bond donors (Lipinski definition) is 23. The molecule has 31 N–H and O–H groups in total. The number of carbonyl (C=O) groups is 13. The number of primary amides is 2. The van der Waals surface area contributed by atoms with E-state index in [1.807, 2.05) is 0 Å². The van der Waals surface area contributed by atoms with Crippen LogP contribution in [0.4, 0.5) is 0 Å². The summed E-state index contributed by atoms with van der Waals surface area (Å²) in [6.45, 7) is -0.278. The van der Waals surface area contributed by atoms with E-state index in [0.29, 0.717) is 19.4 Å². The van der Waals surface area contributed by atoms with Gasteiger partial charge in [-0.2, -0.15) is 0 Å². The molecule has 0 radical (unpaired) electrons. The van der Waals surface area contributed by atoms with E-state index in [1.165, 1.54) is 0 Å². The second kappa shape index (κ2) is 39.8. The molecule has 84 heavy (non-hydrogen) atoms. The number of nitrogens with zero attached hydrogens (tertiary/aromatic N) is 2. The minimum Gasteiger partial charge on any atom is -0.481 e. The van der Waals surface area contributed by atoms with Crippen molar-refractivity contribution >= 4 is 88.8 Å². The van der Waals surface area contributed by atoms with E-state index >= 15 is 0 Å². The summed E-state index contributed by atoms with van der Waals surface area (Å²) in [6, 6.07) is -17.8. The van der Waals surface area contributed by atoms with E-state index in [1.54, 1.807) is 0 Å². The minimum absolute atomic E-state index is 0.0233. The number of hydrogen-bond acceptors (Lipinski definition) is 21. The highest BCUT2D eigenvalue weighted by Crippen LogP contribution is 2.09. The quantitative estimate of drug-likeness (QED) is 0.0153. The predicted octanol–water partition coefficient (Wildman–Crippen LogP) is -12.3. The lowest BCUT2D eigenvalue weighted by atomic mass is 10.0. The van der Waals surface area contributed by atoms with Crippen LogP contribution in [0, 0.1) is 0 Å². The third-order valence-corrected chi connectivity index (χ3v) is 11.8. The number of guanidine groups is 2. The van der Waals surface area contributed by atoms with E-state index in [9.17, 15) is 93.0 Å². The van der Waals surface area contributed by atoms with Gasteiger partial charge in [0.1, 0.15) is 54.4 Å². The zero-order chi connectivity index (χ0) is 64.4. The number of aliphatic hydroxyl groups is 4. The Morgan fingerprint density at radius 3 is 1.17 bits per heavy atom. The Labute approximate surface area is 480 Å². The molecule has 0 saturated carbocycles. The first-order chi connectivity index (χ1) is 39.3. The number of aliphatic imine (C=N–C) groups is 2. The number of unbranched alkanes of at least 4 members (excludes halogenated alkanes) is 1. The molecule has 11 amide bonds. The Hall–Kier alpha value is -8.59. The van der Waals surface area contributed by atoms with Gasteiger partial charge < -0.3 is 124 Å². The molecule has 38 nitrogen and oxygen atoms in total. The smallest absolute Gasteiger partial charge is 0.326 e. The number of amides is 11. The molecule has 12 atom stereocenters. The van der Waals surface area contributed by atoms with Crippen LogP contribution in [0.2, 0.25) is 0 Å². The Kier molecular flexibility index (Phi) is 35.7. The average Bonchev–Trinajstić information content (AvgIpc) is 3.61. The van der Waals surface area contributed by atoms with Gasteiger partial charge in [0.25, 0.3) is 0 Å². The summed E-state index contributed by atoms with van der Waals surface area (Å²) in [5.41, 5.74) is 43.2. The molecular formula is C46H83N19O19. The third-order valence-electron chi connectivity index (χ3n) is 11.8. The second-order valence-corrected chi connectivity index (χ2v) is 19.0. The van der Waals surface area contributed by atoms with Crippen molar-refractivity contribution < 1.29 is 93.0 Å². The SMILES string of the molecule is C[C@@H](O)[C@H](NC(=O)[C@H](CC(N)=O)NC(=O)[C@@H](N)CCCCN)C(=O)N[C@H](C(=O)N[C@@H](CCC(N)=O)C(=O)N[C@@H](CO)C(=O)N[C@@H](CCCN=C(N)N)C(=O)N[C@@H](CO)C(=O)N[C@@H](CCC(=O)O)C(=O)N[C@@H](CCCN=C(N)N)C(=O)O)[C@@H](C)O. The number of carboxylic acid groups (broad SMARTS) is 2. The van der Waals surface area contributed by atoms with Gasteiger partial charge in [-0.05, 0) is 71.8 Å². The van der Waals surface area contributed by atoms with Crippen LogP contribution < -0.4 is 93.7 Å². The molecule has 0 saturated heterocycles. The number of carboxylic acids is 2. The van der Waals surface area contributed by atoms with Gasteiger partial charge >= 0.3 is 11.9 Å². The fourth-order valence-corrected chi connectivity index (χ4v) is 7.27. The maximum atomic E-state index is 13.8. The van der Waals surface area contributed by atoms with Gasteiger partial charge in [0, 0.05) is 25.9 Å².